The van der Waals surface area contributed by atoms with E-state index in [0.717, 1.165) is 38.7 Å². The van der Waals surface area contributed by atoms with Gasteiger partial charge in [0, 0.05) is 25.0 Å². The normalized spacial score (nSPS) is 30.1. The minimum Gasteiger partial charge on any atom is -0.444 e. The summed E-state index contributed by atoms with van der Waals surface area (Å²) in [5.41, 5.74) is -0.481. The van der Waals surface area contributed by atoms with Gasteiger partial charge < -0.3 is 14.8 Å². The molecule has 0 aromatic rings. The van der Waals surface area contributed by atoms with Crippen LogP contribution in [0.5, 0.6) is 0 Å². The highest BCUT2D eigenvalue weighted by Gasteiger charge is 2.45. The van der Waals surface area contributed by atoms with Crippen molar-refractivity contribution in [2.45, 2.75) is 77.9 Å². The number of rotatable bonds is 6. The number of hydrogen-bond acceptors (Lipinski definition) is 4. The number of carbonyl (C=O) groups is 2. The van der Waals surface area contributed by atoms with Gasteiger partial charge in [-0.2, -0.15) is 0 Å². The first-order valence-electron chi connectivity index (χ1n) is 9.40. The molecule has 138 valence electrons. The number of hydrogen-bond donors (Lipinski definition) is 1. The van der Waals surface area contributed by atoms with Crippen LogP contribution in [0.3, 0.4) is 0 Å². The SMILES string of the molecule is CCCCOC[C@@H]1C(=O)C[C@@H]2CC(NC(=O)OC(C)(C)C)CC[C@H]21. The predicted molar refractivity (Wildman–Crippen MR) is 92.8 cm³/mol. The van der Waals surface area contributed by atoms with Crippen LogP contribution in [0.1, 0.15) is 66.2 Å². The van der Waals surface area contributed by atoms with Crippen molar-refractivity contribution in [3.63, 3.8) is 0 Å². The zero-order valence-corrected chi connectivity index (χ0v) is 15.6. The van der Waals surface area contributed by atoms with Gasteiger partial charge >= 0.3 is 6.09 Å². The number of nitrogens with one attached hydrogen (secondary N) is 1. The second-order valence-electron chi connectivity index (χ2n) is 8.29. The van der Waals surface area contributed by atoms with Crippen LogP contribution in [0.15, 0.2) is 0 Å². The Morgan fingerprint density at radius 1 is 1.29 bits per heavy atom. The number of amides is 1. The molecule has 0 spiro atoms. The maximum absolute atomic E-state index is 12.3. The standard InChI is InChI=1S/C19H33NO4/c1-5-6-9-23-12-16-15-8-7-14(10-13(15)11-17(16)21)20-18(22)24-19(2,3)4/h13-16H,5-12H2,1-4H3,(H,20,22)/t13-,14?,15+,16-/m0/s1. The Labute approximate surface area is 145 Å². The van der Waals surface area contributed by atoms with Crippen molar-refractivity contribution < 1.29 is 19.1 Å². The van der Waals surface area contributed by atoms with Crippen LogP contribution in [0.2, 0.25) is 0 Å². The molecule has 2 rings (SSSR count). The van der Waals surface area contributed by atoms with Crippen molar-refractivity contribution in [3.8, 4) is 0 Å². The van der Waals surface area contributed by atoms with Crippen molar-refractivity contribution in [3.05, 3.63) is 0 Å². The zero-order valence-electron chi connectivity index (χ0n) is 15.6. The summed E-state index contributed by atoms with van der Waals surface area (Å²) in [6.45, 7) is 9.05. The fourth-order valence-electron chi connectivity index (χ4n) is 3.98. The van der Waals surface area contributed by atoms with Crippen LogP contribution in [-0.4, -0.2) is 36.7 Å². The summed E-state index contributed by atoms with van der Waals surface area (Å²) in [5, 5.41) is 2.97. The molecule has 0 bridgehead atoms. The lowest BCUT2D eigenvalue weighted by atomic mass is 9.76. The Morgan fingerprint density at radius 2 is 2.04 bits per heavy atom. The second kappa shape index (κ2) is 8.32. The van der Waals surface area contributed by atoms with Gasteiger partial charge in [-0.1, -0.05) is 13.3 Å². The van der Waals surface area contributed by atoms with Crippen LogP contribution < -0.4 is 5.32 Å². The van der Waals surface area contributed by atoms with Crippen LogP contribution in [0.4, 0.5) is 4.79 Å². The van der Waals surface area contributed by atoms with Crippen LogP contribution in [0, 0.1) is 17.8 Å². The topological polar surface area (TPSA) is 64.6 Å². The second-order valence-corrected chi connectivity index (χ2v) is 8.29. The third-order valence-electron chi connectivity index (χ3n) is 5.10. The van der Waals surface area contributed by atoms with E-state index in [9.17, 15) is 9.59 Å². The molecule has 2 aliphatic rings. The molecule has 4 atom stereocenters. The smallest absolute Gasteiger partial charge is 0.407 e. The molecule has 5 nitrogen and oxygen atoms in total. The third kappa shape index (κ3) is 5.47. The molecule has 2 aliphatic carbocycles. The quantitative estimate of drug-likeness (QED) is 0.749. The molecule has 1 unspecified atom stereocenters. The monoisotopic (exact) mass is 339 g/mol. The van der Waals surface area contributed by atoms with E-state index in [1.807, 2.05) is 20.8 Å². The van der Waals surface area contributed by atoms with Gasteiger partial charge in [0.2, 0.25) is 0 Å². The molecule has 1 N–H and O–H groups in total. The number of Topliss-reactive ketones (excluding diaryl/α,β-unsaturated/α-hetero) is 1. The molecule has 2 saturated carbocycles. The van der Waals surface area contributed by atoms with E-state index in [2.05, 4.69) is 12.2 Å². The van der Waals surface area contributed by atoms with E-state index in [1.54, 1.807) is 0 Å². The Morgan fingerprint density at radius 3 is 2.71 bits per heavy atom. The molecule has 0 aliphatic heterocycles. The molecular weight excluding hydrogens is 306 g/mol. The first-order chi connectivity index (χ1) is 11.3. The molecule has 2 fully saturated rings. The number of ether oxygens (including phenoxy) is 2. The first kappa shape index (κ1) is 19.2. The first-order valence-corrected chi connectivity index (χ1v) is 9.40. The van der Waals surface area contributed by atoms with Gasteiger partial charge in [-0.3, -0.25) is 4.79 Å². The van der Waals surface area contributed by atoms with Crippen LogP contribution >= 0.6 is 0 Å². The van der Waals surface area contributed by atoms with Gasteiger partial charge in [0.05, 0.1) is 6.61 Å². The lowest BCUT2D eigenvalue weighted by Gasteiger charge is -2.34. The van der Waals surface area contributed by atoms with E-state index in [4.69, 9.17) is 9.47 Å². The predicted octanol–water partition coefficient (Wildman–Crippen LogP) is 3.70. The number of unbranched alkanes of at least 4 members (excludes halogenated alkanes) is 1. The summed E-state index contributed by atoms with van der Waals surface area (Å²) in [4.78, 5) is 24.3. The minimum absolute atomic E-state index is 0.0642. The summed E-state index contributed by atoms with van der Waals surface area (Å²) in [6, 6.07) is 0.119. The molecule has 0 heterocycles. The molecular formula is C19H33NO4. The molecule has 5 heteroatoms. The molecule has 0 aromatic heterocycles. The maximum Gasteiger partial charge on any atom is 0.407 e. The summed E-state index contributed by atoms with van der Waals surface area (Å²) >= 11 is 0. The molecule has 0 saturated heterocycles. The highest BCUT2D eigenvalue weighted by Crippen LogP contribution is 2.44. The van der Waals surface area contributed by atoms with Gasteiger partial charge in [-0.25, -0.2) is 4.79 Å². The summed E-state index contributed by atoms with van der Waals surface area (Å²) < 4.78 is 11.0. The van der Waals surface area contributed by atoms with Gasteiger partial charge in [0.1, 0.15) is 11.4 Å². The lowest BCUT2D eigenvalue weighted by molar-refractivity contribution is -0.123. The van der Waals surface area contributed by atoms with Gasteiger partial charge in [0.15, 0.2) is 0 Å². The maximum atomic E-state index is 12.3. The lowest BCUT2D eigenvalue weighted by Crippen LogP contribution is -2.43. The highest BCUT2D eigenvalue weighted by atomic mass is 16.6. The van der Waals surface area contributed by atoms with Crippen molar-refractivity contribution >= 4 is 11.9 Å². The molecule has 0 radical (unpaired) electrons. The average Bonchev–Trinajstić information content (AvgIpc) is 2.76. The van der Waals surface area contributed by atoms with Crippen LogP contribution in [-0.2, 0) is 14.3 Å². The van der Waals surface area contributed by atoms with Gasteiger partial charge in [-0.15, -0.1) is 0 Å². The highest BCUT2D eigenvalue weighted by molar-refractivity contribution is 5.84. The Kier molecular flexibility index (Phi) is 6.67. The van der Waals surface area contributed by atoms with E-state index in [1.165, 1.54) is 0 Å². The number of alkyl carbamates (subject to hydrolysis) is 1. The fraction of sp³-hybridized carbons (Fsp3) is 0.895. The number of ketones is 1. The fourth-order valence-corrected chi connectivity index (χ4v) is 3.98. The third-order valence-corrected chi connectivity index (χ3v) is 5.10. The number of fused-ring (bicyclic) bond motifs is 1. The Hall–Kier alpha value is -1.10. The Bertz CT molecular complexity index is 443. The summed E-state index contributed by atoms with van der Waals surface area (Å²) in [7, 11) is 0. The van der Waals surface area contributed by atoms with E-state index in [-0.39, 0.29) is 18.1 Å². The van der Waals surface area contributed by atoms with E-state index in [0.29, 0.717) is 30.6 Å². The van der Waals surface area contributed by atoms with Crippen LogP contribution in [0.25, 0.3) is 0 Å². The zero-order chi connectivity index (χ0) is 17.7. The summed E-state index contributed by atoms with van der Waals surface area (Å²) in [6.07, 6.45) is 5.23. The van der Waals surface area contributed by atoms with Crippen molar-refractivity contribution in [2.75, 3.05) is 13.2 Å². The average molecular weight is 339 g/mol. The summed E-state index contributed by atoms with van der Waals surface area (Å²) in [5.74, 6) is 1.22. The van der Waals surface area contributed by atoms with Gasteiger partial charge in [0.25, 0.3) is 0 Å². The van der Waals surface area contributed by atoms with Crippen molar-refractivity contribution in [1.29, 1.82) is 0 Å². The Balaban J connectivity index is 1.80. The van der Waals surface area contributed by atoms with Crippen molar-refractivity contribution in [2.24, 2.45) is 17.8 Å². The molecule has 24 heavy (non-hydrogen) atoms. The van der Waals surface area contributed by atoms with Crippen molar-refractivity contribution in [1.82, 2.24) is 5.32 Å². The molecule has 1 amide bonds. The molecule has 0 aromatic carbocycles. The van der Waals surface area contributed by atoms with E-state index >= 15 is 0 Å². The van der Waals surface area contributed by atoms with Gasteiger partial charge in [-0.05, 0) is 58.3 Å². The largest absolute Gasteiger partial charge is 0.444 e. The van der Waals surface area contributed by atoms with E-state index < -0.39 is 5.60 Å². The minimum atomic E-state index is -0.481. The number of carbonyl (C=O) groups excluding carboxylic acids is 2.